The minimum Gasteiger partial charge on any atom is -0.331 e. The Balaban J connectivity index is 1.30. The molecule has 0 radical (unpaired) electrons. The lowest BCUT2D eigenvalue weighted by Gasteiger charge is -2.15. The van der Waals surface area contributed by atoms with Gasteiger partial charge in [0.25, 0.3) is 5.91 Å². The van der Waals surface area contributed by atoms with Crippen molar-refractivity contribution in [1.29, 1.82) is 0 Å². The molecule has 1 atom stereocenters. The van der Waals surface area contributed by atoms with Gasteiger partial charge >= 0.3 is 12.2 Å². The van der Waals surface area contributed by atoms with Crippen molar-refractivity contribution >= 4 is 40.3 Å². The first-order chi connectivity index (χ1) is 19.0. The van der Waals surface area contributed by atoms with E-state index in [1.54, 1.807) is 48.0 Å². The SMILES string of the molecule is Cc1cc(-c2ccc3c(c2F)NNC3NC(=O)c2ccsc2)ccc1NC(=O)Nc1cc(C(F)(F)F)ccc1F. The summed E-state index contributed by atoms with van der Waals surface area (Å²) in [6, 6.07) is 10.3. The van der Waals surface area contributed by atoms with E-state index in [9.17, 15) is 27.2 Å². The number of thiophene rings is 1. The fourth-order valence-electron chi connectivity index (χ4n) is 4.17. The van der Waals surface area contributed by atoms with Gasteiger partial charge < -0.3 is 21.4 Å². The summed E-state index contributed by atoms with van der Waals surface area (Å²) >= 11 is 1.38. The Labute approximate surface area is 228 Å². The third kappa shape index (κ3) is 5.46. The van der Waals surface area contributed by atoms with Crippen LogP contribution in [0.2, 0.25) is 0 Å². The number of anilines is 3. The molecule has 1 aromatic heterocycles. The van der Waals surface area contributed by atoms with Crippen LogP contribution in [0.4, 0.5) is 43.8 Å². The molecule has 0 bridgehead atoms. The summed E-state index contributed by atoms with van der Waals surface area (Å²) in [4.78, 5) is 24.8. The maximum absolute atomic E-state index is 15.5. The topological polar surface area (TPSA) is 94.3 Å². The predicted molar refractivity (Wildman–Crippen MR) is 142 cm³/mol. The standard InChI is InChI=1S/C27H20F5N5O2S/c1-13-10-14(2-7-20(13)33-26(39)34-21-11-16(27(30,31)32)3-6-19(21)28)17-4-5-18-23(22(17)29)36-37-24(18)35-25(38)15-8-9-40-12-15/h2-12,24,36-37H,1H3,(H,35,38)(H2,33,34,39). The zero-order valence-electron chi connectivity index (χ0n) is 20.5. The van der Waals surface area contributed by atoms with Crippen molar-refractivity contribution in [2.75, 3.05) is 16.1 Å². The third-order valence-corrected chi connectivity index (χ3v) is 6.90. The summed E-state index contributed by atoms with van der Waals surface area (Å²) in [7, 11) is 0. The van der Waals surface area contributed by atoms with E-state index >= 15 is 4.39 Å². The number of urea groups is 1. The van der Waals surface area contributed by atoms with Crippen molar-refractivity contribution in [3.63, 3.8) is 0 Å². The van der Waals surface area contributed by atoms with Crippen LogP contribution in [-0.4, -0.2) is 11.9 Å². The van der Waals surface area contributed by atoms with Gasteiger partial charge in [-0.2, -0.15) is 24.5 Å². The fraction of sp³-hybridized carbons (Fsp3) is 0.111. The Morgan fingerprint density at radius 3 is 2.42 bits per heavy atom. The minimum atomic E-state index is -4.70. The van der Waals surface area contributed by atoms with Crippen LogP contribution in [0.25, 0.3) is 11.1 Å². The highest BCUT2D eigenvalue weighted by Crippen LogP contribution is 2.37. The highest BCUT2D eigenvalue weighted by atomic mass is 32.1. The van der Waals surface area contributed by atoms with Crippen molar-refractivity contribution in [1.82, 2.24) is 10.7 Å². The molecule has 1 aliphatic rings. The van der Waals surface area contributed by atoms with E-state index in [0.29, 0.717) is 40.5 Å². The van der Waals surface area contributed by atoms with E-state index in [-0.39, 0.29) is 22.8 Å². The van der Waals surface area contributed by atoms with Gasteiger partial charge in [0, 0.05) is 22.2 Å². The predicted octanol–water partition coefficient (Wildman–Crippen LogP) is 7.02. The van der Waals surface area contributed by atoms with Crippen LogP contribution in [0.3, 0.4) is 0 Å². The third-order valence-electron chi connectivity index (χ3n) is 6.21. The van der Waals surface area contributed by atoms with E-state index in [1.807, 2.05) is 0 Å². The molecule has 1 aliphatic heterocycles. The van der Waals surface area contributed by atoms with E-state index in [0.717, 1.165) is 0 Å². The van der Waals surface area contributed by atoms with Gasteiger partial charge in [0.2, 0.25) is 0 Å². The Morgan fingerprint density at radius 2 is 1.73 bits per heavy atom. The molecule has 0 saturated carbocycles. The monoisotopic (exact) mass is 573 g/mol. The van der Waals surface area contributed by atoms with Crippen LogP contribution in [0.5, 0.6) is 0 Å². The first-order valence-corrected chi connectivity index (χ1v) is 12.7. The van der Waals surface area contributed by atoms with Crippen molar-refractivity contribution in [2.45, 2.75) is 19.3 Å². The molecular formula is C27H20F5N5O2S. The lowest BCUT2D eigenvalue weighted by atomic mass is 9.99. The fourth-order valence-corrected chi connectivity index (χ4v) is 4.81. The zero-order chi connectivity index (χ0) is 28.6. The Morgan fingerprint density at radius 1 is 0.950 bits per heavy atom. The maximum atomic E-state index is 15.5. The van der Waals surface area contributed by atoms with Gasteiger partial charge in [0.15, 0.2) is 5.82 Å². The highest BCUT2D eigenvalue weighted by Gasteiger charge is 2.31. The average molecular weight is 574 g/mol. The summed E-state index contributed by atoms with van der Waals surface area (Å²) in [6.45, 7) is 1.64. The Bertz CT molecular complexity index is 1610. The average Bonchev–Trinajstić information content (AvgIpc) is 3.57. The number of halogens is 5. The number of alkyl halides is 3. The van der Waals surface area contributed by atoms with Gasteiger partial charge in [0.05, 0.1) is 22.5 Å². The quantitative estimate of drug-likeness (QED) is 0.166. The molecule has 4 aromatic rings. The number of benzene rings is 3. The largest absolute Gasteiger partial charge is 0.416 e. The summed E-state index contributed by atoms with van der Waals surface area (Å²) in [5, 5.41) is 10.8. The summed E-state index contributed by atoms with van der Waals surface area (Å²) in [5.41, 5.74) is 6.60. The number of nitrogens with one attached hydrogen (secondary N) is 5. The van der Waals surface area contributed by atoms with Crippen LogP contribution in [0.1, 0.15) is 33.2 Å². The molecule has 3 amide bonds. The molecule has 0 aliphatic carbocycles. The molecule has 206 valence electrons. The molecule has 3 aromatic carbocycles. The van der Waals surface area contributed by atoms with E-state index in [4.69, 9.17) is 0 Å². The van der Waals surface area contributed by atoms with E-state index in [1.165, 1.54) is 17.4 Å². The molecule has 0 saturated heterocycles. The second kappa shape index (κ2) is 10.6. The molecule has 5 N–H and O–H groups in total. The zero-order valence-corrected chi connectivity index (χ0v) is 21.4. The van der Waals surface area contributed by atoms with Crippen LogP contribution < -0.4 is 26.8 Å². The minimum absolute atomic E-state index is 0.176. The number of hydrogen-bond donors (Lipinski definition) is 5. The number of carbonyl (C=O) groups excluding carboxylic acids is 2. The maximum Gasteiger partial charge on any atom is 0.416 e. The lowest BCUT2D eigenvalue weighted by molar-refractivity contribution is -0.137. The number of aryl methyl sites for hydroxylation is 1. The number of fused-ring (bicyclic) bond motifs is 1. The molecule has 7 nitrogen and oxygen atoms in total. The number of hydrazine groups is 1. The van der Waals surface area contributed by atoms with Gasteiger partial charge in [-0.3, -0.25) is 4.79 Å². The molecule has 13 heteroatoms. The van der Waals surface area contributed by atoms with Gasteiger partial charge in [-0.15, -0.1) is 0 Å². The number of rotatable bonds is 5. The van der Waals surface area contributed by atoms with Gasteiger partial charge in [-0.1, -0.05) is 18.2 Å². The van der Waals surface area contributed by atoms with Crippen molar-refractivity contribution in [3.8, 4) is 11.1 Å². The van der Waals surface area contributed by atoms with Crippen LogP contribution in [0.15, 0.2) is 65.4 Å². The molecule has 0 fully saturated rings. The second-order valence-electron chi connectivity index (χ2n) is 8.88. The smallest absolute Gasteiger partial charge is 0.331 e. The molecule has 1 unspecified atom stereocenters. The van der Waals surface area contributed by atoms with Crippen molar-refractivity contribution in [3.05, 3.63) is 99.2 Å². The molecule has 2 heterocycles. The van der Waals surface area contributed by atoms with Gasteiger partial charge in [0.1, 0.15) is 12.0 Å². The van der Waals surface area contributed by atoms with E-state index in [2.05, 4.69) is 26.8 Å². The normalized spacial score (nSPS) is 14.3. The number of carbonyl (C=O) groups is 2. The number of hydrogen-bond acceptors (Lipinski definition) is 5. The summed E-state index contributed by atoms with van der Waals surface area (Å²) in [6.07, 6.45) is -5.36. The van der Waals surface area contributed by atoms with Crippen molar-refractivity contribution in [2.24, 2.45) is 0 Å². The van der Waals surface area contributed by atoms with Crippen molar-refractivity contribution < 1.29 is 31.5 Å². The van der Waals surface area contributed by atoms with E-state index < -0.39 is 41.3 Å². The van der Waals surface area contributed by atoms with Crippen LogP contribution >= 0.6 is 11.3 Å². The molecule has 0 spiro atoms. The Kier molecular flexibility index (Phi) is 7.17. The first-order valence-electron chi connectivity index (χ1n) is 11.7. The first kappa shape index (κ1) is 27.1. The highest BCUT2D eigenvalue weighted by molar-refractivity contribution is 7.08. The Hall–Kier alpha value is -4.49. The summed E-state index contributed by atoms with van der Waals surface area (Å²) in [5.74, 6) is -1.90. The molecular weight excluding hydrogens is 553 g/mol. The molecule has 5 rings (SSSR count). The molecule has 40 heavy (non-hydrogen) atoms. The van der Waals surface area contributed by atoms with Crippen LogP contribution in [0, 0.1) is 18.6 Å². The van der Waals surface area contributed by atoms with Gasteiger partial charge in [-0.25, -0.2) is 19.0 Å². The van der Waals surface area contributed by atoms with Crippen LogP contribution in [-0.2, 0) is 6.18 Å². The second-order valence-corrected chi connectivity index (χ2v) is 9.66. The summed E-state index contributed by atoms with van der Waals surface area (Å²) < 4.78 is 68.3. The lowest BCUT2D eigenvalue weighted by Crippen LogP contribution is -2.35. The number of amides is 3. The van der Waals surface area contributed by atoms with Gasteiger partial charge in [-0.05, 0) is 59.8 Å².